The summed E-state index contributed by atoms with van der Waals surface area (Å²) < 4.78 is 18.5. The summed E-state index contributed by atoms with van der Waals surface area (Å²) in [6, 6.07) is 13.9. The first-order valence-corrected chi connectivity index (χ1v) is 10.1. The number of hydrogen-bond acceptors (Lipinski definition) is 4. The number of aromatic amines is 1. The minimum atomic E-state index is -1.05. The molecule has 0 radical (unpaired) electrons. The van der Waals surface area contributed by atoms with Crippen LogP contribution in [-0.4, -0.2) is 33.5 Å². The Morgan fingerprint density at radius 2 is 1.81 bits per heavy atom. The summed E-state index contributed by atoms with van der Waals surface area (Å²) in [6.45, 7) is 5.18. The van der Waals surface area contributed by atoms with Gasteiger partial charge in [0.1, 0.15) is 23.6 Å². The largest absolute Gasteiger partial charge is 0.460 e. The molecule has 1 heterocycles. The fourth-order valence-electron chi connectivity index (χ4n) is 3.33. The molecule has 6 heteroatoms. The Kier molecular flexibility index (Phi) is 6.71. The van der Waals surface area contributed by atoms with Crippen LogP contribution in [0, 0.1) is 5.82 Å². The lowest BCUT2D eigenvalue weighted by atomic mass is 10.0. The zero-order valence-electron chi connectivity index (χ0n) is 17.8. The highest BCUT2D eigenvalue weighted by molar-refractivity contribution is 6.00. The second kappa shape index (κ2) is 9.27. The van der Waals surface area contributed by atoms with Crippen molar-refractivity contribution >= 4 is 28.7 Å². The van der Waals surface area contributed by atoms with Crippen molar-refractivity contribution in [2.24, 2.45) is 0 Å². The molecule has 0 saturated heterocycles. The highest BCUT2D eigenvalue weighted by Crippen LogP contribution is 2.33. The van der Waals surface area contributed by atoms with Crippen molar-refractivity contribution in [3.63, 3.8) is 0 Å². The molecular formula is C25H26FNO4. The number of carbonyl (C=O) groups is 2. The van der Waals surface area contributed by atoms with Crippen molar-refractivity contribution in [2.45, 2.75) is 45.3 Å². The molecule has 3 rings (SSSR count). The molecule has 0 aliphatic rings. The number of carbonyl (C=O) groups excluding carboxylic acids is 2. The Labute approximate surface area is 180 Å². The van der Waals surface area contributed by atoms with Crippen LogP contribution in [-0.2, 0) is 14.3 Å². The molecule has 5 nitrogen and oxygen atoms in total. The maximum atomic E-state index is 13.4. The third-order valence-corrected chi connectivity index (χ3v) is 4.55. The molecule has 31 heavy (non-hydrogen) atoms. The first kappa shape index (κ1) is 22.4. The average Bonchev–Trinajstić information content (AvgIpc) is 3.03. The highest BCUT2D eigenvalue weighted by Gasteiger charge is 2.20. The van der Waals surface area contributed by atoms with E-state index >= 15 is 0 Å². The third-order valence-electron chi connectivity index (χ3n) is 4.55. The van der Waals surface area contributed by atoms with Crippen LogP contribution in [0.2, 0.25) is 0 Å². The van der Waals surface area contributed by atoms with E-state index in [1.807, 2.05) is 24.3 Å². The van der Waals surface area contributed by atoms with Crippen LogP contribution in [0.1, 0.15) is 39.3 Å². The lowest BCUT2D eigenvalue weighted by Gasteiger charge is -2.19. The molecule has 0 saturated carbocycles. The van der Waals surface area contributed by atoms with Gasteiger partial charge >= 0.3 is 5.97 Å². The number of hydrogen-bond donors (Lipinski definition) is 2. The minimum Gasteiger partial charge on any atom is -0.460 e. The van der Waals surface area contributed by atoms with E-state index < -0.39 is 23.5 Å². The molecular weight excluding hydrogens is 397 g/mol. The fourth-order valence-corrected chi connectivity index (χ4v) is 3.33. The quantitative estimate of drug-likeness (QED) is 0.412. The van der Waals surface area contributed by atoms with Crippen LogP contribution < -0.4 is 0 Å². The number of aliphatic hydroxyl groups is 1. The van der Waals surface area contributed by atoms with Crippen molar-refractivity contribution in [3.8, 4) is 11.1 Å². The van der Waals surface area contributed by atoms with Gasteiger partial charge in [-0.3, -0.25) is 9.59 Å². The lowest BCUT2D eigenvalue weighted by Crippen LogP contribution is -2.26. The second-order valence-electron chi connectivity index (χ2n) is 8.40. The molecule has 0 fully saturated rings. The van der Waals surface area contributed by atoms with E-state index in [2.05, 4.69) is 4.98 Å². The topological polar surface area (TPSA) is 79.4 Å². The molecule has 0 aliphatic heterocycles. The monoisotopic (exact) mass is 423 g/mol. The molecule has 2 N–H and O–H groups in total. The van der Waals surface area contributed by atoms with Crippen LogP contribution in [0.25, 0.3) is 28.1 Å². The normalized spacial score (nSPS) is 12.9. The Morgan fingerprint density at radius 1 is 1.13 bits per heavy atom. The number of para-hydroxylation sites is 1. The molecule has 0 bridgehead atoms. The number of Topliss-reactive ketones (excluding diaryl/α,β-unsaturated/α-hetero) is 1. The number of rotatable bonds is 7. The number of benzene rings is 2. The number of halogens is 1. The maximum absolute atomic E-state index is 13.4. The van der Waals surface area contributed by atoms with E-state index in [0.717, 1.165) is 27.7 Å². The number of ketones is 1. The average molecular weight is 423 g/mol. The molecule has 162 valence electrons. The number of nitrogens with one attached hydrogen (secondary N) is 1. The summed E-state index contributed by atoms with van der Waals surface area (Å²) in [6.07, 6.45) is 1.58. The van der Waals surface area contributed by atoms with Gasteiger partial charge in [0.25, 0.3) is 0 Å². The molecule has 0 aliphatic carbocycles. The van der Waals surface area contributed by atoms with Gasteiger partial charge in [0.05, 0.1) is 6.10 Å². The minimum absolute atomic E-state index is 0.193. The van der Waals surface area contributed by atoms with Crippen LogP contribution >= 0.6 is 0 Å². The van der Waals surface area contributed by atoms with Crippen LogP contribution in [0.5, 0.6) is 0 Å². The summed E-state index contributed by atoms with van der Waals surface area (Å²) in [5, 5.41) is 11.2. The Morgan fingerprint density at radius 3 is 2.48 bits per heavy atom. The molecule has 1 unspecified atom stereocenters. The number of fused-ring (bicyclic) bond motifs is 1. The fraction of sp³-hybridized carbons (Fsp3) is 0.280. The van der Waals surface area contributed by atoms with Crippen molar-refractivity contribution in [1.29, 1.82) is 0 Å². The van der Waals surface area contributed by atoms with Crippen molar-refractivity contribution in [1.82, 2.24) is 4.98 Å². The summed E-state index contributed by atoms with van der Waals surface area (Å²) >= 11 is 0. The van der Waals surface area contributed by atoms with E-state index in [4.69, 9.17) is 4.74 Å². The van der Waals surface area contributed by atoms with E-state index in [-0.39, 0.29) is 18.7 Å². The lowest BCUT2D eigenvalue weighted by molar-refractivity contribution is -0.156. The SMILES string of the molecule is CC(C)(C)OC(=O)CC(=O)CC(O)/C=C/c1[nH]c2ccccc2c1-c1ccc(F)cc1. The van der Waals surface area contributed by atoms with Crippen molar-refractivity contribution < 1.29 is 23.8 Å². The first-order chi connectivity index (χ1) is 14.6. The Bertz CT molecular complexity index is 1110. The number of aliphatic hydroxyl groups excluding tert-OH is 1. The van der Waals surface area contributed by atoms with Crippen LogP contribution in [0.3, 0.4) is 0 Å². The molecule has 1 atom stereocenters. The summed E-state index contributed by atoms with van der Waals surface area (Å²) in [7, 11) is 0. The van der Waals surface area contributed by atoms with Gasteiger partial charge in [0.2, 0.25) is 0 Å². The number of H-pyrrole nitrogens is 1. The van der Waals surface area contributed by atoms with Gasteiger partial charge in [-0.25, -0.2) is 4.39 Å². The first-order valence-electron chi connectivity index (χ1n) is 10.1. The van der Waals surface area contributed by atoms with Gasteiger partial charge in [-0.2, -0.15) is 0 Å². The van der Waals surface area contributed by atoms with E-state index in [0.29, 0.717) is 0 Å². The predicted octanol–water partition coefficient (Wildman–Crippen LogP) is 5.04. The summed E-state index contributed by atoms with van der Waals surface area (Å²) in [5.74, 6) is -1.33. The van der Waals surface area contributed by atoms with Gasteiger partial charge in [-0.15, -0.1) is 0 Å². The summed E-state index contributed by atoms with van der Waals surface area (Å²) in [5.41, 5.74) is 2.67. The smallest absolute Gasteiger partial charge is 0.313 e. The second-order valence-corrected chi connectivity index (χ2v) is 8.40. The predicted molar refractivity (Wildman–Crippen MR) is 119 cm³/mol. The van der Waals surface area contributed by atoms with Crippen LogP contribution in [0.15, 0.2) is 54.6 Å². The van der Waals surface area contributed by atoms with Gasteiger partial charge in [-0.1, -0.05) is 36.4 Å². The van der Waals surface area contributed by atoms with Crippen molar-refractivity contribution in [3.05, 3.63) is 66.1 Å². The number of aromatic nitrogens is 1. The van der Waals surface area contributed by atoms with Gasteiger partial charge in [0, 0.05) is 28.6 Å². The van der Waals surface area contributed by atoms with E-state index in [1.165, 1.54) is 18.2 Å². The molecule has 0 spiro atoms. The zero-order valence-corrected chi connectivity index (χ0v) is 17.8. The van der Waals surface area contributed by atoms with Gasteiger partial charge in [0.15, 0.2) is 0 Å². The maximum Gasteiger partial charge on any atom is 0.313 e. The molecule has 1 aromatic heterocycles. The summed E-state index contributed by atoms with van der Waals surface area (Å²) in [4.78, 5) is 27.2. The third kappa shape index (κ3) is 6.12. The molecule has 0 amide bonds. The Balaban J connectivity index is 1.76. The van der Waals surface area contributed by atoms with Crippen molar-refractivity contribution in [2.75, 3.05) is 0 Å². The van der Waals surface area contributed by atoms with Gasteiger partial charge < -0.3 is 14.8 Å². The molecule has 3 aromatic rings. The highest BCUT2D eigenvalue weighted by atomic mass is 19.1. The number of ether oxygens (including phenoxy) is 1. The standard InChI is InChI=1S/C25H26FNO4/c1-25(2,3)31-23(30)15-19(29)14-18(28)12-13-22-24(16-8-10-17(26)11-9-16)20-6-4-5-7-21(20)27-22/h4-13,18,27-28H,14-15H2,1-3H3/b13-12+. The van der Waals surface area contributed by atoms with Crippen LogP contribution in [0.4, 0.5) is 4.39 Å². The zero-order chi connectivity index (χ0) is 22.6. The van der Waals surface area contributed by atoms with E-state index in [1.54, 1.807) is 39.0 Å². The molecule has 2 aromatic carbocycles. The number of esters is 1. The Hall–Kier alpha value is -3.25. The van der Waals surface area contributed by atoms with Gasteiger partial charge in [-0.05, 0) is 50.6 Å². The van der Waals surface area contributed by atoms with E-state index in [9.17, 15) is 19.1 Å².